The van der Waals surface area contributed by atoms with Gasteiger partial charge in [-0.3, -0.25) is 9.98 Å². The highest BCUT2D eigenvalue weighted by atomic mass is 16.5. The first-order valence-corrected chi connectivity index (χ1v) is 5.54. The molecule has 1 aliphatic heterocycles. The number of aliphatic imine (C=N–C) groups is 1. The van der Waals surface area contributed by atoms with Crippen LogP contribution in [0.15, 0.2) is 29.4 Å². The molecule has 4 heteroatoms. The number of hydrogen-bond acceptors (Lipinski definition) is 4. The van der Waals surface area contributed by atoms with Crippen LogP contribution < -0.4 is 4.74 Å². The Hall–Kier alpha value is -1.68. The van der Waals surface area contributed by atoms with Gasteiger partial charge in [0, 0.05) is 31.5 Å². The predicted octanol–water partition coefficient (Wildman–Crippen LogP) is 2.17. The normalized spacial score (nSPS) is 23.4. The Labute approximate surface area is 101 Å². The van der Waals surface area contributed by atoms with Crippen LogP contribution in [0.2, 0.25) is 0 Å². The van der Waals surface area contributed by atoms with Crippen molar-refractivity contribution in [1.29, 1.82) is 0 Å². The van der Waals surface area contributed by atoms with Gasteiger partial charge in [0.15, 0.2) is 0 Å². The second kappa shape index (κ2) is 5.10. The SMILES string of the molecule is COc1ccnc(C2=CC(OC)C(C)C=N2)c1. The Bertz CT molecular complexity index is 454. The maximum atomic E-state index is 5.39. The fourth-order valence-corrected chi connectivity index (χ4v) is 1.75. The zero-order valence-corrected chi connectivity index (χ0v) is 10.3. The van der Waals surface area contributed by atoms with Gasteiger partial charge in [-0.1, -0.05) is 6.92 Å². The topological polar surface area (TPSA) is 43.7 Å². The molecule has 2 heterocycles. The average Bonchev–Trinajstić information content (AvgIpc) is 2.39. The van der Waals surface area contributed by atoms with Gasteiger partial charge < -0.3 is 9.47 Å². The van der Waals surface area contributed by atoms with Crippen molar-refractivity contribution in [2.24, 2.45) is 10.9 Å². The van der Waals surface area contributed by atoms with Gasteiger partial charge in [0.2, 0.25) is 0 Å². The molecule has 2 rings (SSSR count). The molecule has 0 saturated heterocycles. The summed E-state index contributed by atoms with van der Waals surface area (Å²) in [5.41, 5.74) is 1.63. The van der Waals surface area contributed by atoms with Gasteiger partial charge in [-0.2, -0.15) is 0 Å². The van der Waals surface area contributed by atoms with Crippen molar-refractivity contribution in [3.63, 3.8) is 0 Å². The van der Waals surface area contributed by atoms with Gasteiger partial charge in [0.05, 0.1) is 24.6 Å². The van der Waals surface area contributed by atoms with Crippen LogP contribution in [0.3, 0.4) is 0 Å². The number of aromatic nitrogens is 1. The van der Waals surface area contributed by atoms with Crippen LogP contribution in [0.25, 0.3) is 5.70 Å². The molecule has 0 fully saturated rings. The van der Waals surface area contributed by atoms with Crippen LogP contribution in [-0.2, 0) is 4.74 Å². The minimum absolute atomic E-state index is 0.0514. The second-order valence-electron chi connectivity index (χ2n) is 3.97. The molecule has 0 bridgehead atoms. The monoisotopic (exact) mass is 232 g/mol. The van der Waals surface area contributed by atoms with Crippen molar-refractivity contribution >= 4 is 11.9 Å². The molecule has 0 aliphatic carbocycles. The van der Waals surface area contributed by atoms with Gasteiger partial charge in [-0.15, -0.1) is 0 Å². The van der Waals surface area contributed by atoms with Crippen molar-refractivity contribution in [3.8, 4) is 5.75 Å². The number of methoxy groups -OCH3 is 2. The highest BCUT2D eigenvalue weighted by Gasteiger charge is 2.18. The summed E-state index contributed by atoms with van der Waals surface area (Å²) in [4.78, 5) is 8.68. The Kier molecular flexibility index (Phi) is 3.54. The molecule has 0 radical (unpaired) electrons. The van der Waals surface area contributed by atoms with Crippen LogP contribution in [0.5, 0.6) is 5.75 Å². The summed E-state index contributed by atoms with van der Waals surface area (Å²) in [7, 11) is 3.34. The first kappa shape index (κ1) is 11.8. The van der Waals surface area contributed by atoms with E-state index in [0.717, 1.165) is 17.1 Å². The molecule has 90 valence electrons. The maximum absolute atomic E-state index is 5.39. The largest absolute Gasteiger partial charge is 0.497 e. The van der Waals surface area contributed by atoms with Crippen molar-refractivity contribution < 1.29 is 9.47 Å². The molecule has 0 saturated carbocycles. The van der Waals surface area contributed by atoms with Gasteiger partial charge in [-0.25, -0.2) is 0 Å². The first-order valence-electron chi connectivity index (χ1n) is 5.54. The Morgan fingerprint density at radius 1 is 1.29 bits per heavy atom. The van der Waals surface area contributed by atoms with E-state index >= 15 is 0 Å². The molecular weight excluding hydrogens is 216 g/mol. The molecule has 0 aromatic carbocycles. The van der Waals surface area contributed by atoms with E-state index in [0.29, 0.717) is 0 Å². The summed E-state index contributed by atoms with van der Waals surface area (Å²) in [5, 5.41) is 0. The van der Waals surface area contributed by atoms with E-state index in [9.17, 15) is 0 Å². The molecule has 0 spiro atoms. The Morgan fingerprint density at radius 2 is 2.12 bits per heavy atom. The lowest BCUT2D eigenvalue weighted by atomic mass is 10.0. The van der Waals surface area contributed by atoms with E-state index in [1.165, 1.54) is 0 Å². The quantitative estimate of drug-likeness (QED) is 0.802. The third-order valence-electron chi connectivity index (χ3n) is 2.79. The minimum Gasteiger partial charge on any atom is -0.497 e. The van der Waals surface area contributed by atoms with Crippen molar-refractivity contribution in [1.82, 2.24) is 4.98 Å². The van der Waals surface area contributed by atoms with E-state index in [4.69, 9.17) is 9.47 Å². The fraction of sp³-hybridized carbons (Fsp3) is 0.385. The van der Waals surface area contributed by atoms with Gasteiger partial charge in [-0.05, 0) is 12.1 Å². The number of nitrogens with zero attached hydrogens (tertiary/aromatic N) is 2. The smallest absolute Gasteiger partial charge is 0.122 e. The summed E-state index contributed by atoms with van der Waals surface area (Å²) in [6.45, 7) is 2.07. The molecule has 0 amide bonds. The lowest BCUT2D eigenvalue weighted by molar-refractivity contribution is 0.119. The van der Waals surface area contributed by atoms with Gasteiger partial charge in [0.1, 0.15) is 5.75 Å². The molecule has 2 unspecified atom stereocenters. The van der Waals surface area contributed by atoms with E-state index in [1.54, 1.807) is 20.4 Å². The summed E-state index contributed by atoms with van der Waals surface area (Å²) >= 11 is 0. The third-order valence-corrected chi connectivity index (χ3v) is 2.79. The molecule has 2 atom stereocenters. The summed E-state index contributed by atoms with van der Waals surface area (Å²) < 4.78 is 10.6. The molecule has 1 aliphatic rings. The molecule has 17 heavy (non-hydrogen) atoms. The maximum Gasteiger partial charge on any atom is 0.122 e. The predicted molar refractivity (Wildman–Crippen MR) is 67.2 cm³/mol. The van der Waals surface area contributed by atoms with Crippen LogP contribution in [0.1, 0.15) is 12.6 Å². The van der Waals surface area contributed by atoms with Gasteiger partial charge >= 0.3 is 0 Å². The lowest BCUT2D eigenvalue weighted by Crippen LogP contribution is -2.22. The van der Waals surface area contributed by atoms with Crippen LogP contribution in [-0.4, -0.2) is 31.5 Å². The first-order chi connectivity index (χ1) is 8.24. The van der Waals surface area contributed by atoms with Gasteiger partial charge in [0.25, 0.3) is 0 Å². The van der Waals surface area contributed by atoms with E-state index in [1.807, 2.05) is 24.4 Å². The minimum atomic E-state index is 0.0514. The molecule has 1 aromatic rings. The zero-order valence-electron chi connectivity index (χ0n) is 10.3. The van der Waals surface area contributed by atoms with Crippen LogP contribution in [0, 0.1) is 5.92 Å². The van der Waals surface area contributed by atoms with Crippen LogP contribution in [0.4, 0.5) is 0 Å². The highest BCUT2D eigenvalue weighted by molar-refractivity contribution is 5.77. The van der Waals surface area contributed by atoms with Crippen molar-refractivity contribution in [2.45, 2.75) is 13.0 Å². The summed E-state index contributed by atoms with van der Waals surface area (Å²) in [6.07, 6.45) is 5.65. The average molecular weight is 232 g/mol. The van der Waals surface area contributed by atoms with E-state index in [2.05, 4.69) is 16.9 Å². The Morgan fingerprint density at radius 3 is 2.82 bits per heavy atom. The molecule has 1 aromatic heterocycles. The Balaban J connectivity index is 2.30. The van der Waals surface area contributed by atoms with Crippen molar-refractivity contribution in [2.75, 3.05) is 14.2 Å². The number of ether oxygens (including phenoxy) is 2. The van der Waals surface area contributed by atoms with Crippen LogP contribution >= 0.6 is 0 Å². The van der Waals surface area contributed by atoms with E-state index in [-0.39, 0.29) is 12.0 Å². The lowest BCUT2D eigenvalue weighted by Gasteiger charge is -2.20. The summed E-state index contributed by atoms with van der Waals surface area (Å²) in [6, 6.07) is 3.68. The zero-order chi connectivity index (χ0) is 12.3. The number of pyridine rings is 1. The fourth-order valence-electron chi connectivity index (χ4n) is 1.75. The standard InChI is InChI=1S/C13H16N2O2/c1-9-8-15-12(7-13(9)17-3)11-6-10(16-2)4-5-14-11/h4-9,13H,1-3H3. The summed E-state index contributed by atoms with van der Waals surface area (Å²) in [5.74, 6) is 1.06. The molecule has 4 nitrogen and oxygen atoms in total. The molecular formula is C13H16N2O2. The highest BCUT2D eigenvalue weighted by Crippen LogP contribution is 2.24. The second-order valence-corrected chi connectivity index (χ2v) is 3.97. The number of hydrogen-bond donors (Lipinski definition) is 0. The van der Waals surface area contributed by atoms with E-state index < -0.39 is 0 Å². The number of rotatable bonds is 3. The van der Waals surface area contributed by atoms with Crippen molar-refractivity contribution in [3.05, 3.63) is 30.1 Å². The third kappa shape index (κ3) is 2.53. The molecule has 0 N–H and O–H groups in total.